The maximum Gasteiger partial charge on any atom is 0.331 e. The minimum atomic E-state index is -0.878. The van der Waals surface area contributed by atoms with Crippen molar-refractivity contribution in [3.8, 4) is 0 Å². The van der Waals surface area contributed by atoms with E-state index in [1.165, 1.54) is 7.11 Å². The summed E-state index contributed by atoms with van der Waals surface area (Å²) >= 11 is 0. The predicted octanol–water partition coefficient (Wildman–Crippen LogP) is 0.690. The Balaban J connectivity index is 2.70. The summed E-state index contributed by atoms with van der Waals surface area (Å²) < 4.78 is 4.81. The highest BCUT2D eigenvalue weighted by Gasteiger charge is 2.40. The molecule has 1 fully saturated rings. The van der Waals surface area contributed by atoms with E-state index in [0.717, 1.165) is 13.1 Å². The van der Waals surface area contributed by atoms with Gasteiger partial charge < -0.3 is 15.4 Å². The molecule has 1 unspecified atom stereocenters. The highest BCUT2D eigenvalue weighted by Crippen LogP contribution is 2.21. The number of esters is 1. The van der Waals surface area contributed by atoms with Crippen molar-refractivity contribution in [1.29, 1.82) is 0 Å². The van der Waals surface area contributed by atoms with Crippen LogP contribution in [0, 0.1) is 11.8 Å². The number of hydrogen-bond acceptors (Lipinski definition) is 4. The topological polar surface area (TPSA) is 67.4 Å². The lowest BCUT2D eigenvalue weighted by molar-refractivity contribution is -0.152. The van der Waals surface area contributed by atoms with Gasteiger partial charge in [0, 0.05) is 5.92 Å². The number of methoxy groups -OCH3 is 1. The summed E-state index contributed by atoms with van der Waals surface area (Å²) in [6.45, 7) is 7.43. The highest BCUT2D eigenvalue weighted by molar-refractivity contribution is 5.89. The zero-order valence-electron chi connectivity index (χ0n) is 11.7. The van der Waals surface area contributed by atoms with Crippen molar-refractivity contribution in [1.82, 2.24) is 10.6 Å². The quantitative estimate of drug-likeness (QED) is 0.686. The molecule has 1 heterocycles. The second-order valence-electron chi connectivity index (χ2n) is 4.98. The molecule has 0 radical (unpaired) electrons. The summed E-state index contributed by atoms with van der Waals surface area (Å²) in [6.07, 6.45) is 1.08. The van der Waals surface area contributed by atoms with Crippen LogP contribution in [-0.2, 0) is 14.3 Å². The van der Waals surface area contributed by atoms with Crippen molar-refractivity contribution in [3.63, 3.8) is 0 Å². The number of carbonyl (C=O) groups excluding carboxylic acids is 2. The monoisotopic (exact) mass is 256 g/mol. The summed E-state index contributed by atoms with van der Waals surface area (Å²) in [5.41, 5.74) is -0.878. The molecule has 0 spiro atoms. The minimum Gasteiger partial charge on any atom is -0.467 e. The Bertz CT molecular complexity index is 309. The zero-order valence-corrected chi connectivity index (χ0v) is 11.7. The number of amides is 1. The number of rotatable bonds is 6. The van der Waals surface area contributed by atoms with Crippen LogP contribution in [0.15, 0.2) is 0 Å². The van der Waals surface area contributed by atoms with Gasteiger partial charge >= 0.3 is 5.97 Å². The number of ether oxygens (including phenoxy) is 1. The van der Waals surface area contributed by atoms with Gasteiger partial charge in [0.05, 0.1) is 7.11 Å². The first kappa shape index (κ1) is 15.0. The van der Waals surface area contributed by atoms with E-state index in [1.54, 1.807) is 0 Å². The number of hydrogen-bond donors (Lipinski definition) is 2. The van der Waals surface area contributed by atoms with Gasteiger partial charge in [0.15, 0.2) is 0 Å². The van der Waals surface area contributed by atoms with Crippen molar-refractivity contribution < 1.29 is 14.3 Å². The Morgan fingerprint density at radius 1 is 1.39 bits per heavy atom. The van der Waals surface area contributed by atoms with E-state index in [0.29, 0.717) is 18.8 Å². The van der Waals surface area contributed by atoms with E-state index in [4.69, 9.17) is 4.74 Å². The summed E-state index contributed by atoms with van der Waals surface area (Å²) in [4.78, 5) is 24.0. The molecule has 104 valence electrons. The van der Waals surface area contributed by atoms with E-state index in [2.05, 4.69) is 10.6 Å². The average molecular weight is 256 g/mol. The van der Waals surface area contributed by atoms with Gasteiger partial charge in [-0.3, -0.25) is 4.79 Å². The molecular weight excluding hydrogens is 232 g/mol. The summed E-state index contributed by atoms with van der Waals surface area (Å²) in [5, 5.41) is 6.04. The Morgan fingerprint density at radius 3 is 2.28 bits per heavy atom. The van der Waals surface area contributed by atoms with Gasteiger partial charge in [-0.05, 0) is 31.8 Å². The Labute approximate surface area is 109 Å². The SMILES string of the molecule is CCC(CC)(NC(=O)C(C)C1CNC1)C(=O)OC. The molecule has 0 saturated carbocycles. The lowest BCUT2D eigenvalue weighted by atomic mass is 9.86. The molecule has 18 heavy (non-hydrogen) atoms. The lowest BCUT2D eigenvalue weighted by Crippen LogP contribution is -2.58. The molecule has 0 aromatic rings. The van der Waals surface area contributed by atoms with Gasteiger partial charge in [-0.2, -0.15) is 0 Å². The normalized spacial score (nSPS) is 17.8. The minimum absolute atomic E-state index is 0.0596. The van der Waals surface area contributed by atoms with Gasteiger partial charge in [0.25, 0.3) is 0 Å². The third-order valence-corrected chi connectivity index (χ3v) is 4.08. The van der Waals surface area contributed by atoms with Crippen LogP contribution in [0.25, 0.3) is 0 Å². The molecule has 5 nitrogen and oxygen atoms in total. The third kappa shape index (κ3) is 2.83. The molecule has 1 rings (SSSR count). The molecule has 0 aromatic carbocycles. The van der Waals surface area contributed by atoms with Crippen LogP contribution in [0.2, 0.25) is 0 Å². The second kappa shape index (κ2) is 6.18. The Morgan fingerprint density at radius 2 is 1.94 bits per heavy atom. The molecule has 2 N–H and O–H groups in total. The van der Waals surface area contributed by atoms with Crippen LogP contribution in [0.3, 0.4) is 0 Å². The van der Waals surface area contributed by atoms with Gasteiger partial charge in [-0.1, -0.05) is 20.8 Å². The smallest absolute Gasteiger partial charge is 0.331 e. The van der Waals surface area contributed by atoms with Crippen LogP contribution in [0.5, 0.6) is 0 Å². The standard InChI is InChI=1S/C13H24N2O3/c1-5-13(6-2,12(17)18-4)15-11(16)9(3)10-7-14-8-10/h9-10,14H,5-8H2,1-4H3,(H,15,16). The van der Waals surface area contributed by atoms with E-state index in [-0.39, 0.29) is 17.8 Å². The molecule has 0 bridgehead atoms. The fourth-order valence-electron chi connectivity index (χ4n) is 2.19. The van der Waals surface area contributed by atoms with Gasteiger partial charge in [-0.15, -0.1) is 0 Å². The van der Waals surface area contributed by atoms with E-state index in [1.807, 2.05) is 20.8 Å². The van der Waals surface area contributed by atoms with Crippen molar-refractivity contribution in [2.24, 2.45) is 11.8 Å². The van der Waals surface area contributed by atoms with Crippen LogP contribution in [-0.4, -0.2) is 37.6 Å². The molecule has 1 aliphatic heterocycles. The van der Waals surface area contributed by atoms with E-state index in [9.17, 15) is 9.59 Å². The fourth-order valence-corrected chi connectivity index (χ4v) is 2.19. The van der Waals surface area contributed by atoms with Crippen LogP contribution in [0.4, 0.5) is 0 Å². The van der Waals surface area contributed by atoms with Gasteiger partial charge in [-0.25, -0.2) is 4.79 Å². The fraction of sp³-hybridized carbons (Fsp3) is 0.846. The predicted molar refractivity (Wildman–Crippen MR) is 69.0 cm³/mol. The number of carbonyl (C=O) groups is 2. The van der Waals surface area contributed by atoms with Crippen LogP contribution < -0.4 is 10.6 Å². The van der Waals surface area contributed by atoms with Crippen LogP contribution in [0.1, 0.15) is 33.6 Å². The Kier molecular flexibility index (Phi) is 5.14. The van der Waals surface area contributed by atoms with Crippen LogP contribution >= 0.6 is 0 Å². The first-order chi connectivity index (χ1) is 8.50. The first-order valence-electron chi connectivity index (χ1n) is 6.61. The molecule has 1 atom stereocenters. The van der Waals surface area contributed by atoms with Crippen molar-refractivity contribution in [3.05, 3.63) is 0 Å². The number of nitrogens with one attached hydrogen (secondary N) is 2. The van der Waals surface area contributed by atoms with Crippen molar-refractivity contribution in [2.75, 3.05) is 20.2 Å². The molecule has 1 saturated heterocycles. The molecule has 0 aliphatic carbocycles. The summed E-state index contributed by atoms with van der Waals surface area (Å²) in [7, 11) is 1.35. The van der Waals surface area contributed by atoms with Crippen molar-refractivity contribution >= 4 is 11.9 Å². The van der Waals surface area contributed by atoms with E-state index < -0.39 is 5.54 Å². The summed E-state index contributed by atoms with van der Waals surface area (Å²) in [6, 6.07) is 0. The van der Waals surface area contributed by atoms with Crippen molar-refractivity contribution in [2.45, 2.75) is 39.2 Å². The lowest BCUT2D eigenvalue weighted by Gasteiger charge is -2.35. The molecular formula is C13H24N2O3. The zero-order chi connectivity index (χ0) is 13.8. The largest absolute Gasteiger partial charge is 0.467 e. The second-order valence-corrected chi connectivity index (χ2v) is 4.98. The highest BCUT2D eigenvalue weighted by atomic mass is 16.5. The first-order valence-corrected chi connectivity index (χ1v) is 6.61. The third-order valence-electron chi connectivity index (χ3n) is 4.08. The van der Waals surface area contributed by atoms with E-state index >= 15 is 0 Å². The molecule has 1 amide bonds. The van der Waals surface area contributed by atoms with Gasteiger partial charge in [0.2, 0.25) is 5.91 Å². The maximum absolute atomic E-state index is 12.2. The average Bonchev–Trinajstić information content (AvgIpc) is 2.32. The van der Waals surface area contributed by atoms with Gasteiger partial charge in [0.1, 0.15) is 5.54 Å². The molecule has 1 aliphatic rings. The summed E-state index contributed by atoms with van der Waals surface area (Å²) in [5.74, 6) is -0.127. The molecule has 0 aromatic heterocycles. The Hall–Kier alpha value is -1.10. The maximum atomic E-state index is 12.2. The molecule has 5 heteroatoms.